The summed E-state index contributed by atoms with van der Waals surface area (Å²) in [5, 5.41) is 4.06. The number of aromatic nitrogens is 3. The zero-order chi connectivity index (χ0) is 17.1. The Morgan fingerprint density at radius 3 is 2.60 bits per heavy atom. The second-order valence-electron chi connectivity index (χ2n) is 7.01. The maximum absolute atomic E-state index is 12.5. The molecular weight excluding hydrogens is 314 g/mol. The standard InChI is InChI=1S/C19H25N5O/c25-19(6-9-24-15-20-14-21-24)23-8-3-7-22(10-11-23)18-12-16-4-1-2-5-17(16)13-18/h1-2,4-5,14-15,18H,3,6-13H2. The molecular formula is C19H25N5O. The average Bonchev–Trinajstić information content (AvgIpc) is 3.23. The Morgan fingerprint density at radius 1 is 1.08 bits per heavy atom. The summed E-state index contributed by atoms with van der Waals surface area (Å²) >= 11 is 0. The summed E-state index contributed by atoms with van der Waals surface area (Å²) < 4.78 is 1.72. The molecule has 1 aliphatic carbocycles. The van der Waals surface area contributed by atoms with Gasteiger partial charge in [0, 0.05) is 38.6 Å². The number of nitrogens with zero attached hydrogens (tertiary/aromatic N) is 5. The highest BCUT2D eigenvalue weighted by atomic mass is 16.2. The van der Waals surface area contributed by atoms with Crippen LogP contribution in [0.25, 0.3) is 0 Å². The van der Waals surface area contributed by atoms with Crippen molar-refractivity contribution in [2.24, 2.45) is 0 Å². The summed E-state index contributed by atoms with van der Waals surface area (Å²) in [5.74, 6) is 0.229. The zero-order valence-electron chi connectivity index (χ0n) is 14.5. The van der Waals surface area contributed by atoms with E-state index in [2.05, 4.69) is 39.2 Å². The lowest BCUT2D eigenvalue weighted by Crippen LogP contribution is -2.40. The molecule has 0 spiro atoms. The molecule has 4 rings (SSSR count). The molecule has 1 amide bonds. The van der Waals surface area contributed by atoms with Crippen molar-refractivity contribution < 1.29 is 4.79 Å². The Kier molecular flexibility index (Phi) is 4.78. The molecule has 2 aromatic rings. The number of carbonyl (C=O) groups excluding carboxylic acids is 1. The van der Waals surface area contributed by atoms with Crippen LogP contribution in [-0.2, 0) is 24.2 Å². The lowest BCUT2D eigenvalue weighted by Gasteiger charge is -2.27. The Hall–Kier alpha value is -2.21. The summed E-state index contributed by atoms with van der Waals surface area (Å²) in [5.41, 5.74) is 3.00. The zero-order valence-corrected chi connectivity index (χ0v) is 14.5. The fraction of sp³-hybridized carbons (Fsp3) is 0.526. The van der Waals surface area contributed by atoms with E-state index in [1.807, 2.05) is 4.90 Å². The van der Waals surface area contributed by atoms with Gasteiger partial charge >= 0.3 is 0 Å². The van der Waals surface area contributed by atoms with E-state index in [9.17, 15) is 4.79 Å². The van der Waals surface area contributed by atoms with Gasteiger partial charge in [-0.3, -0.25) is 14.4 Å². The Morgan fingerprint density at radius 2 is 1.88 bits per heavy atom. The molecule has 25 heavy (non-hydrogen) atoms. The molecule has 0 unspecified atom stereocenters. The van der Waals surface area contributed by atoms with Crippen LogP contribution < -0.4 is 0 Å². The summed E-state index contributed by atoms with van der Waals surface area (Å²) in [4.78, 5) is 21.0. The van der Waals surface area contributed by atoms with E-state index in [4.69, 9.17) is 0 Å². The molecule has 1 aliphatic heterocycles. The molecule has 0 saturated carbocycles. The first kappa shape index (κ1) is 16.3. The largest absolute Gasteiger partial charge is 0.341 e. The first-order valence-corrected chi connectivity index (χ1v) is 9.20. The van der Waals surface area contributed by atoms with Crippen LogP contribution in [0.1, 0.15) is 24.0 Å². The molecule has 1 aromatic heterocycles. The number of hydrogen-bond donors (Lipinski definition) is 0. The topological polar surface area (TPSA) is 54.3 Å². The smallest absolute Gasteiger partial charge is 0.224 e. The highest BCUT2D eigenvalue weighted by Gasteiger charge is 2.28. The quantitative estimate of drug-likeness (QED) is 0.844. The maximum atomic E-state index is 12.5. The monoisotopic (exact) mass is 339 g/mol. The van der Waals surface area contributed by atoms with Gasteiger partial charge in [-0.1, -0.05) is 24.3 Å². The molecule has 0 bridgehead atoms. The minimum absolute atomic E-state index is 0.229. The summed E-state index contributed by atoms with van der Waals surface area (Å²) in [6.07, 6.45) is 7.02. The second kappa shape index (κ2) is 7.35. The van der Waals surface area contributed by atoms with E-state index in [1.54, 1.807) is 11.0 Å². The molecule has 1 fully saturated rings. The molecule has 0 N–H and O–H groups in total. The van der Waals surface area contributed by atoms with Crippen LogP contribution >= 0.6 is 0 Å². The Balaban J connectivity index is 1.29. The van der Waals surface area contributed by atoms with E-state index < -0.39 is 0 Å². The van der Waals surface area contributed by atoms with Crippen LogP contribution in [0.15, 0.2) is 36.9 Å². The van der Waals surface area contributed by atoms with Crippen molar-refractivity contribution in [3.63, 3.8) is 0 Å². The summed E-state index contributed by atoms with van der Waals surface area (Å²) in [6, 6.07) is 9.39. The molecule has 6 heteroatoms. The third-order valence-corrected chi connectivity index (χ3v) is 5.45. The minimum Gasteiger partial charge on any atom is -0.341 e. The van der Waals surface area contributed by atoms with Crippen molar-refractivity contribution in [1.29, 1.82) is 0 Å². The second-order valence-corrected chi connectivity index (χ2v) is 7.01. The number of amides is 1. The van der Waals surface area contributed by atoms with Gasteiger partial charge in [0.25, 0.3) is 0 Å². The van der Waals surface area contributed by atoms with E-state index >= 15 is 0 Å². The van der Waals surface area contributed by atoms with Crippen molar-refractivity contribution in [1.82, 2.24) is 24.6 Å². The third kappa shape index (κ3) is 3.74. The van der Waals surface area contributed by atoms with Crippen molar-refractivity contribution in [2.45, 2.75) is 38.3 Å². The van der Waals surface area contributed by atoms with E-state index in [0.29, 0.717) is 19.0 Å². The molecule has 6 nitrogen and oxygen atoms in total. The lowest BCUT2D eigenvalue weighted by atomic mass is 10.1. The fourth-order valence-electron chi connectivity index (χ4n) is 4.06. The average molecular weight is 339 g/mol. The maximum Gasteiger partial charge on any atom is 0.224 e. The highest BCUT2D eigenvalue weighted by Crippen LogP contribution is 2.26. The van der Waals surface area contributed by atoms with Crippen LogP contribution in [0.2, 0.25) is 0 Å². The minimum atomic E-state index is 0.229. The molecule has 1 saturated heterocycles. The first-order chi connectivity index (χ1) is 12.3. The number of carbonyl (C=O) groups is 1. The normalized spacial score (nSPS) is 19.0. The van der Waals surface area contributed by atoms with Gasteiger partial charge in [0.15, 0.2) is 0 Å². The van der Waals surface area contributed by atoms with Gasteiger partial charge < -0.3 is 4.90 Å². The van der Waals surface area contributed by atoms with Crippen LogP contribution in [0.4, 0.5) is 0 Å². The molecule has 132 valence electrons. The molecule has 0 radical (unpaired) electrons. The SMILES string of the molecule is O=C(CCn1cncn1)N1CCCN(C2Cc3ccccc3C2)CC1. The Labute approximate surface area is 148 Å². The van der Waals surface area contributed by atoms with Gasteiger partial charge in [-0.2, -0.15) is 5.10 Å². The first-order valence-electron chi connectivity index (χ1n) is 9.20. The number of fused-ring (bicyclic) bond motifs is 1. The van der Waals surface area contributed by atoms with Gasteiger partial charge in [0.05, 0.1) is 6.54 Å². The van der Waals surface area contributed by atoms with Crippen LogP contribution in [0, 0.1) is 0 Å². The van der Waals surface area contributed by atoms with Gasteiger partial charge in [-0.05, 0) is 30.4 Å². The van der Waals surface area contributed by atoms with Crippen molar-refractivity contribution >= 4 is 5.91 Å². The van der Waals surface area contributed by atoms with Crippen molar-refractivity contribution in [3.05, 3.63) is 48.0 Å². The highest BCUT2D eigenvalue weighted by molar-refractivity contribution is 5.76. The molecule has 2 aliphatic rings. The van der Waals surface area contributed by atoms with Crippen molar-refractivity contribution in [2.75, 3.05) is 26.2 Å². The summed E-state index contributed by atoms with van der Waals surface area (Å²) in [6.45, 7) is 4.38. The van der Waals surface area contributed by atoms with Crippen molar-refractivity contribution in [3.8, 4) is 0 Å². The molecule has 1 aromatic carbocycles. The molecule has 2 heterocycles. The van der Waals surface area contributed by atoms with Gasteiger partial charge in [-0.15, -0.1) is 0 Å². The fourth-order valence-corrected chi connectivity index (χ4v) is 4.06. The van der Waals surface area contributed by atoms with Crippen LogP contribution in [-0.4, -0.2) is 62.7 Å². The Bertz CT molecular complexity index is 689. The lowest BCUT2D eigenvalue weighted by molar-refractivity contribution is -0.131. The van der Waals surface area contributed by atoms with Crippen LogP contribution in [0.5, 0.6) is 0 Å². The number of aryl methyl sites for hydroxylation is 1. The van der Waals surface area contributed by atoms with E-state index in [1.165, 1.54) is 17.5 Å². The number of benzene rings is 1. The predicted octanol–water partition coefficient (Wildman–Crippen LogP) is 1.37. The molecule has 0 atom stereocenters. The third-order valence-electron chi connectivity index (χ3n) is 5.45. The number of rotatable bonds is 4. The summed E-state index contributed by atoms with van der Waals surface area (Å²) in [7, 11) is 0. The van der Waals surface area contributed by atoms with Gasteiger partial charge in [-0.25, -0.2) is 4.98 Å². The van der Waals surface area contributed by atoms with E-state index in [0.717, 1.165) is 45.4 Å². The predicted molar refractivity (Wildman–Crippen MR) is 95.0 cm³/mol. The van der Waals surface area contributed by atoms with E-state index in [-0.39, 0.29) is 5.91 Å². The van der Waals surface area contributed by atoms with Gasteiger partial charge in [0.2, 0.25) is 5.91 Å². The number of hydrogen-bond acceptors (Lipinski definition) is 4. The van der Waals surface area contributed by atoms with Gasteiger partial charge in [0.1, 0.15) is 12.7 Å². The van der Waals surface area contributed by atoms with Crippen LogP contribution in [0.3, 0.4) is 0 Å².